The van der Waals surface area contributed by atoms with Crippen molar-refractivity contribution in [2.45, 2.75) is 12.7 Å². The average Bonchev–Trinajstić information content (AvgIpc) is 3.01. The lowest BCUT2D eigenvalue weighted by atomic mass is 9.96. The van der Waals surface area contributed by atoms with Crippen molar-refractivity contribution in [3.63, 3.8) is 0 Å². The molecule has 1 saturated heterocycles. The van der Waals surface area contributed by atoms with Crippen LogP contribution in [-0.2, 0) is 11.3 Å². The molecule has 0 unspecified atom stereocenters. The molecule has 2 aromatic rings. The van der Waals surface area contributed by atoms with Gasteiger partial charge in [-0.15, -0.1) is 12.4 Å². The molecule has 23 heavy (non-hydrogen) atoms. The van der Waals surface area contributed by atoms with Crippen molar-refractivity contribution in [2.75, 3.05) is 13.1 Å². The quantitative estimate of drug-likeness (QED) is 0.920. The number of likely N-dealkylation sites (tertiary alicyclic amines) is 1. The van der Waals surface area contributed by atoms with Crippen molar-refractivity contribution in [1.29, 1.82) is 0 Å². The maximum absolute atomic E-state index is 12.9. The van der Waals surface area contributed by atoms with Gasteiger partial charge in [-0.05, 0) is 12.1 Å². The van der Waals surface area contributed by atoms with Gasteiger partial charge in [0, 0.05) is 18.5 Å². The van der Waals surface area contributed by atoms with Gasteiger partial charge >= 0.3 is 12.1 Å². The molecule has 0 bridgehead atoms. The topological polar surface area (TPSA) is 53.7 Å². The zero-order valence-corrected chi connectivity index (χ0v) is 12.7. The predicted molar refractivity (Wildman–Crippen MR) is 79.4 cm³/mol. The number of hydrogen-bond acceptors (Lipinski definition) is 3. The van der Waals surface area contributed by atoms with Crippen LogP contribution in [0.15, 0.2) is 34.7 Å². The number of para-hydroxylation sites is 1. The van der Waals surface area contributed by atoms with Crippen LogP contribution >= 0.6 is 12.4 Å². The van der Waals surface area contributed by atoms with E-state index >= 15 is 0 Å². The summed E-state index contributed by atoms with van der Waals surface area (Å²) < 4.78 is 44.4. The van der Waals surface area contributed by atoms with Crippen molar-refractivity contribution >= 4 is 29.3 Å². The highest BCUT2D eigenvalue weighted by Gasteiger charge is 2.52. The molecule has 0 saturated carbocycles. The highest BCUT2D eigenvalue weighted by molar-refractivity contribution is 5.85. The Balaban J connectivity index is 0.00000192. The molecule has 2 heterocycles. The summed E-state index contributed by atoms with van der Waals surface area (Å²) in [5.74, 6) is -4.14. The van der Waals surface area contributed by atoms with Crippen LogP contribution in [0.25, 0.3) is 11.0 Å². The summed E-state index contributed by atoms with van der Waals surface area (Å²) in [5.41, 5.74) is 0.666. The third-order valence-electron chi connectivity index (χ3n) is 3.99. The number of aliphatic carboxylic acids is 1. The van der Waals surface area contributed by atoms with E-state index in [2.05, 4.69) is 0 Å². The number of carbonyl (C=O) groups is 1. The molecule has 0 radical (unpaired) electrons. The highest BCUT2D eigenvalue weighted by atomic mass is 35.5. The highest BCUT2D eigenvalue weighted by Crippen LogP contribution is 2.38. The first-order chi connectivity index (χ1) is 10.3. The summed E-state index contributed by atoms with van der Waals surface area (Å²) in [6.45, 7) is -0.279. The van der Waals surface area contributed by atoms with Crippen LogP contribution in [-0.4, -0.2) is 35.2 Å². The summed E-state index contributed by atoms with van der Waals surface area (Å²) in [6.07, 6.45) is -4.51. The maximum Gasteiger partial charge on any atom is 0.393 e. The molecule has 1 aromatic heterocycles. The molecule has 1 fully saturated rings. The lowest BCUT2D eigenvalue weighted by Crippen LogP contribution is -2.33. The number of fused-ring (bicyclic) bond motifs is 1. The number of rotatable bonds is 3. The van der Waals surface area contributed by atoms with E-state index in [0.717, 1.165) is 5.39 Å². The van der Waals surface area contributed by atoms with Gasteiger partial charge in [0.2, 0.25) is 0 Å². The summed E-state index contributed by atoms with van der Waals surface area (Å²) in [6, 6.07) is 9.06. The minimum atomic E-state index is -4.51. The molecule has 0 amide bonds. The predicted octanol–water partition coefficient (Wildman–Crippen LogP) is 3.55. The Morgan fingerprint density at radius 3 is 2.57 bits per heavy atom. The van der Waals surface area contributed by atoms with E-state index < -0.39 is 24.0 Å². The van der Waals surface area contributed by atoms with E-state index in [1.165, 1.54) is 4.90 Å². The minimum Gasteiger partial charge on any atom is -0.481 e. The Labute approximate surface area is 136 Å². The average molecular weight is 350 g/mol. The van der Waals surface area contributed by atoms with Gasteiger partial charge < -0.3 is 9.52 Å². The van der Waals surface area contributed by atoms with Crippen LogP contribution in [0.3, 0.4) is 0 Å². The molecule has 4 nitrogen and oxygen atoms in total. The fraction of sp³-hybridized carbons (Fsp3) is 0.400. The second-order valence-corrected chi connectivity index (χ2v) is 5.54. The Bertz CT molecular complexity index is 668. The van der Waals surface area contributed by atoms with Gasteiger partial charge in [-0.2, -0.15) is 13.2 Å². The Morgan fingerprint density at radius 1 is 1.30 bits per heavy atom. The SMILES string of the molecule is Cl.O=C(O)[C@@H]1CN(Cc2cc3ccccc3o2)C[C@H]1C(F)(F)F. The van der Waals surface area contributed by atoms with Gasteiger partial charge in [-0.1, -0.05) is 18.2 Å². The summed E-state index contributed by atoms with van der Waals surface area (Å²) in [7, 11) is 0. The molecule has 1 N–H and O–H groups in total. The van der Waals surface area contributed by atoms with E-state index in [-0.39, 0.29) is 32.0 Å². The van der Waals surface area contributed by atoms with Crippen molar-refractivity contribution in [3.8, 4) is 0 Å². The normalized spacial score (nSPS) is 22.2. The number of carboxylic acid groups (broad SMARTS) is 1. The first-order valence-corrected chi connectivity index (χ1v) is 6.84. The standard InChI is InChI=1S/C15H14F3NO3.ClH/c16-15(17,18)12-8-19(7-11(12)14(20)21)6-10-5-9-3-1-2-4-13(9)22-10;/h1-5,11-12H,6-8H2,(H,20,21);1H/t11-,12-;/m1./s1. The molecule has 1 aliphatic heterocycles. The van der Waals surface area contributed by atoms with E-state index in [9.17, 15) is 18.0 Å². The van der Waals surface area contributed by atoms with Crippen molar-refractivity contribution in [2.24, 2.45) is 11.8 Å². The van der Waals surface area contributed by atoms with Crippen molar-refractivity contribution < 1.29 is 27.5 Å². The van der Waals surface area contributed by atoms with Crippen LogP contribution < -0.4 is 0 Å². The van der Waals surface area contributed by atoms with Crippen LogP contribution in [0.5, 0.6) is 0 Å². The van der Waals surface area contributed by atoms with E-state index in [1.54, 1.807) is 12.1 Å². The molecule has 0 spiro atoms. The Hall–Kier alpha value is -1.73. The van der Waals surface area contributed by atoms with Gasteiger partial charge in [-0.25, -0.2) is 0 Å². The summed E-state index contributed by atoms with van der Waals surface area (Å²) in [5, 5.41) is 9.87. The van der Waals surface area contributed by atoms with Gasteiger partial charge in [0.15, 0.2) is 0 Å². The van der Waals surface area contributed by atoms with Gasteiger partial charge in [-0.3, -0.25) is 9.69 Å². The third-order valence-corrected chi connectivity index (χ3v) is 3.99. The maximum atomic E-state index is 12.9. The van der Waals surface area contributed by atoms with Crippen molar-refractivity contribution in [3.05, 3.63) is 36.1 Å². The number of furan rings is 1. The smallest absolute Gasteiger partial charge is 0.393 e. The van der Waals surface area contributed by atoms with E-state index in [1.807, 2.05) is 18.2 Å². The van der Waals surface area contributed by atoms with Gasteiger partial charge in [0.25, 0.3) is 0 Å². The second-order valence-electron chi connectivity index (χ2n) is 5.54. The molecule has 3 rings (SSSR count). The third kappa shape index (κ3) is 3.61. The molecule has 8 heteroatoms. The second kappa shape index (κ2) is 6.41. The molecule has 2 atom stereocenters. The van der Waals surface area contributed by atoms with Crippen LogP contribution in [0.1, 0.15) is 5.76 Å². The first kappa shape index (κ1) is 17.6. The monoisotopic (exact) mass is 349 g/mol. The zero-order chi connectivity index (χ0) is 15.9. The van der Waals surface area contributed by atoms with Crippen LogP contribution in [0.2, 0.25) is 0 Å². The minimum absolute atomic E-state index is 0. The molecule has 1 aromatic carbocycles. The first-order valence-electron chi connectivity index (χ1n) is 6.84. The number of halogens is 4. The lowest BCUT2D eigenvalue weighted by molar-refractivity contribution is -0.188. The molecule has 1 aliphatic rings. The number of hydrogen-bond donors (Lipinski definition) is 1. The molecule has 0 aliphatic carbocycles. The zero-order valence-electron chi connectivity index (χ0n) is 11.9. The fourth-order valence-corrected chi connectivity index (χ4v) is 2.93. The number of nitrogens with zero attached hydrogens (tertiary/aromatic N) is 1. The number of carboxylic acids is 1. The van der Waals surface area contributed by atoms with E-state index in [4.69, 9.17) is 9.52 Å². The summed E-state index contributed by atoms with van der Waals surface area (Å²) in [4.78, 5) is 12.5. The fourth-order valence-electron chi connectivity index (χ4n) is 2.93. The molecular formula is C15H15ClF3NO3. The summed E-state index contributed by atoms with van der Waals surface area (Å²) >= 11 is 0. The number of benzene rings is 1. The van der Waals surface area contributed by atoms with E-state index in [0.29, 0.717) is 11.3 Å². The van der Waals surface area contributed by atoms with Crippen LogP contribution in [0, 0.1) is 11.8 Å². The molecule has 126 valence electrons. The Morgan fingerprint density at radius 2 is 2.00 bits per heavy atom. The van der Waals surface area contributed by atoms with Crippen LogP contribution in [0.4, 0.5) is 13.2 Å². The number of alkyl halides is 3. The Kier molecular flexibility index (Phi) is 4.91. The van der Waals surface area contributed by atoms with Gasteiger partial charge in [0.05, 0.1) is 18.4 Å². The van der Waals surface area contributed by atoms with Gasteiger partial charge in [0.1, 0.15) is 11.3 Å². The molecular weight excluding hydrogens is 335 g/mol. The van der Waals surface area contributed by atoms with Crippen molar-refractivity contribution in [1.82, 2.24) is 4.90 Å². The lowest BCUT2D eigenvalue weighted by Gasteiger charge is -2.18. The largest absolute Gasteiger partial charge is 0.481 e.